The molecule has 4 rings (SSSR count). The van der Waals surface area contributed by atoms with Gasteiger partial charge < -0.3 is 9.67 Å². The van der Waals surface area contributed by atoms with Crippen molar-refractivity contribution >= 4 is 11.0 Å². The molecule has 1 aliphatic rings. The lowest BCUT2D eigenvalue weighted by molar-refractivity contribution is -0.145. The Morgan fingerprint density at radius 2 is 1.97 bits per heavy atom. The summed E-state index contributed by atoms with van der Waals surface area (Å²) in [5.74, 6) is 0. The minimum atomic E-state index is -4.51. The van der Waals surface area contributed by atoms with Crippen molar-refractivity contribution in [3.05, 3.63) is 47.5 Å². The van der Waals surface area contributed by atoms with Crippen molar-refractivity contribution in [1.29, 1.82) is 0 Å². The van der Waals surface area contributed by atoms with Crippen LogP contribution in [-0.4, -0.2) is 48.0 Å². The van der Waals surface area contributed by atoms with Crippen LogP contribution < -0.4 is 0 Å². The maximum Gasteiger partial charge on any atom is 0.431 e. The molecule has 0 radical (unpaired) electrons. The fourth-order valence-electron chi connectivity index (χ4n) is 4.18. The number of hydrogen-bond donors (Lipinski definition) is 1. The summed E-state index contributed by atoms with van der Waals surface area (Å²) in [6, 6.07) is 4.33. The fraction of sp³-hybridized carbons (Fsp3) is 0.524. The molecule has 0 unspecified atom stereocenters. The highest BCUT2D eigenvalue weighted by Crippen LogP contribution is 2.36. The lowest BCUT2D eigenvalue weighted by atomic mass is 9.91. The van der Waals surface area contributed by atoms with E-state index in [-0.39, 0.29) is 12.2 Å². The number of alkyl halides is 3. The summed E-state index contributed by atoms with van der Waals surface area (Å²) in [4.78, 5) is 6.35. The van der Waals surface area contributed by atoms with Crippen LogP contribution >= 0.6 is 0 Å². The van der Waals surface area contributed by atoms with E-state index < -0.39 is 17.5 Å². The van der Waals surface area contributed by atoms with Crippen molar-refractivity contribution in [2.24, 2.45) is 0 Å². The highest BCUT2D eigenvalue weighted by atomic mass is 19.4. The Labute approximate surface area is 172 Å². The Morgan fingerprint density at radius 3 is 2.60 bits per heavy atom. The van der Waals surface area contributed by atoms with Gasteiger partial charge in [0, 0.05) is 49.5 Å². The van der Waals surface area contributed by atoms with E-state index in [2.05, 4.69) is 15.0 Å². The third kappa shape index (κ3) is 4.09. The number of fused-ring (bicyclic) bond motifs is 1. The first kappa shape index (κ1) is 20.9. The maximum atomic E-state index is 13.6. The van der Waals surface area contributed by atoms with Crippen molar-refractivity contribution in [3.8, 4) is 0 Å². The average Bonchev–Trinajstić information content (AvgIpc) is 3.24. The third-order valence-corrected chi connectivity index (χ3v) is 5.95. The number of hydrogen-bond acceptors (Lipinski definition) is 4. The monoisotopic (exact) mass is 421 g/mol. The first-order chi connectivity index (χ1) is 14.2. The summed E-state index contributed by atoms with van der Waals surface area (Å²) < 4.78 is 43.8. The highest BCUT2D eigenvalue weighted by Gasteiger charge is 2.39. The van der Waals surface area contributed by atoms with E-state index in [1.807, 2.05) is 24.7 Å². The van der Waals surface area contributed by atoms with Crippen LogP contribution in [0.25, 0.3) is 11.0 Å². The van der Waals surface area contributed by atoms with Gasteiger partial charge in [0.1, 0.15) is 11.3 Å². The Balaban J connectivity index is 1.49. The smallest absolute Gasteiger partial charge is 0.388 e. The number of aromatic nitrogens is 4. The quantitative estimate of drug-likeness (QED) is 0.684. The van der Waals surface area contributed by atoms with E-state index >= 15 is 0 Å². The third-order valence-electron chi connectivity index (χ3n) is 5.95. The van der Waals surface area contributed by atoms with E-state index in [0.29, 0.717) is 31.3 Å². The van der Waals surface area contributed by atoms with Crippen LogP contribution in [-0.2, 0) is 25.8 Å². The highest BCUT2D eigenvalue weighted by molar-refractivity contribution is 5.77. The van der Waals surface area contributed by atoms with E-state index in [4.69, 9.17) is 0 Å². The van der Waals surface area contributed by atoms with Crippen molar-refractivity contribution in [2.45, 2.75) is 58.1 Å². The summed E-state index contributed by atoms with van der Waals surface area (Å²) in [5, 5.41) is 16.0. The average molecular weight is 421 g/mol. The van der Waals surface area contributed by atoms with E-state index in [0.717, 1.165) is 35.0 Å². The van der Waals surface area contributed by atoms with E-state index in [1.54, 1.807) is 12.1 Å². The predicted molar refractivity (Wildman–Crippen MR) is 107 cm³/mol. The number of rotatable bonds is 5. The number of piperidine rings is 1. The Hall–Kier alpha value is -2.39. The van der Waals surface area contributed by atoms with Crippen LogP contribution in [0.4, 0.5) is 13.2 Å². The molecule has 3 aromatic rings. The molecule has 0 bridgehead atoms. The van der Waals surface area contributed by atoms with Crippen LogP contribution in [0.3, 0.4) is 0 Å². The Bertz CT molecular complexity index is 1030. The molecule has 3 aromatic heterocycles. The number of pyridine rings is 1. The van der Waals surface area contributed by atoms with Gasteiger partial charge in [-0.15, -0.1) is 0 Å². The molecule has 0 aliphatic carbocycles. The van der Waals surface area contributed by atoms with Gasteiger partial charge in [-0.2, -0.15) is 18.3 Å². The molecule has 0 spiro atoms. The lowest BCUT2D eigenvalue weighted by Gasteiger charge is -2.38. The zero-order valence-corrected chi connectivity index (χ0v) is 17.2. The summed E-state index contributed by atoms with van der Waals surface area (Å²) in [6.07, 6.45) is -0.196. The van der Waals surface area contributed by atoms with Crippen LogP contribution in [0.1, 0.15) is 36.7 Å². The number of halogens is 3. The zero-order chi connectivity index (χ0) is 21.5. The van der Waals surface area contributed by atoms with Crippen molar-refractivity contribution in [3.63, 3.8) is 0 Å². The SMILES string of the molecule is CCn1cc(CN2CCC(O)(Cn3c(C(F)(F)F)cc4cccnc43)CC2)c(C)n1. The molecule has 0 amide bonds. The molecule has 9 heteroatoms. The molecular formula is C21H26F3N5O. The Morgan fingerprint density at radius 1 is 1.23 bits per heavy atom. The summed E-state index contributed by atoms with van der Waals surface area (Å²) in [5.41, 5.74) is 0.403. The molecule has 4 heterocycles. The second kappa shape index (κ2) is 7.70. The minimum absolute atomic E-state index is 0.122. The first-order valence-corrected chi connectivity index (χ1v) is 10.2. The van der Waals surface area contributed by atoms with Gasteiger partial charge in [-0.25, -0.2) is 4.98 Å². The summed E-state index contributed by atoms with van der Waals surface area (Å²) in [6.45, 7) is 6.65. The molecule has 1 N–H and O–H groups in total. The molecule has 30 heavy (non-hydrogen) atoms. The lowest BCUT2D eigenvalue weighted by Crippen LogP contribution is -2.46. The second-order valence-corrected chi connectivity index (χ2v) is 8.13. The molecule has 0 aromatic carbocycles. The van der Waals surface area contributed by atoms with Crippen LogP contribution in [0.5, 0.6) is 0 Å². The van der Waals surface area contributed by atoms with E-state index in [9.17, 15) is 18.3 Å². The van der Waals surface area contributed by atoms with Gasteiger partial charge in [-0.3, -0.25) is 9.58 Å². The zero-order valence-electron chi connectivity index (χ0n) is 17.2. The van der Waals surface area contributed by atoms with Gasteiger partial charge in [-0.05, 0) is 44.9 Å². The van der Waals surface area contributed by atoms with E-state index in [1.165, 1.54) is 6.20 Å². The normalized spacial score (nSPS) is 17.7. The van der Waals surface area contributed by atoms with Crippen molar-refractivity contribution < 1.29 is 18.3 Å². The number of aryl methyl sites for hydroxylation is 2. The standard InChI is InChI=1S/C21H26F3N5O/c1-3-28-13-17(15(2)26-28)12-27-9-6-20(30,7-10-27)14-29-18(21(22,23)24)11-16-5-4-8-25-19(16)29/h4-5,8,11,13,30H,3,6-7,9-10,12,14H2,1-2H3. The molecule has 1 aliphatic heterocycles. The van der Waals surface area contributed by atoms with Gasteiger partial charge in [0.25, 0.3) is 0 Å². The number of likely N-dealkylation sites (tertiary alicyclic amines) is 1. The topological polar surface area (TPSA) is 59.1 Å². The van der Waals surface area contributed by atoms with Crippen molar-refractivity contribution in [1.82, 2.24) is 24.2 Å². The first-order valence-electron chi connectivity index (χ1n) is 10.2. The summed E-state index contributed by atoms with van der Waals surface area (Å²) in [7, 11) is 0. The van der Waals surface area contributed by atoms with Gasteiger partial charge in [-0.1, -0.05) is 0 Å². The molecular weight excluding hydrogens is 395 g/mol. The molecule has 0 atom stereocenters. The summed E-state index contributed by atoms with van der Waals surface area (Å²) >= 11 is 0. The molecule has 162 valence electrons. The second-order valence-electron chi connectivity index (χ2n) is 8.13. The van der Waals surface area contributed by atoms with Gasteiger partial charge in [0.2, 0.25) is 0 Å². The fourth-order valence-corrected chi connectivity index (χ4v) is 4.18. The molecule has 6 nitrogen and oxygen atoms in total. The molecule has 1 saturated heterocycles. The predicted octanol–water partition coefficient (Wildman–Crippen LogP) is 3.61. The minimum Gasteiger partial charge on any atom is -0.388 e. The largest absolute Gasteiger partial charge is 0.431 e. The van der Waals surface area contributed by atoms with Gasteiger partial charge in [0.15, 0.2) is 0 Å². The number of aliphatic hydroxyl groups is 1. The van der Waals surface area contributed by atoms with Gasteiger partial charge in [0.05, 0.1) is 17.8 Å². The molecule has 1 fully saturated rings. The Kier molecular flexibility index (Phi) is 5.36. The van der Waals surface area contributed by atoms with Crippen LogP contribution in [0, 0.1) is 6.92 Å². The van der Waals surface area contributed by atoms with Crippen LogP contribution in [0.15, 0.2) is 30.6 Å². The van der Waals surface area contributed by atoms with Crippen LogP contribution in [0.2, 0.25) is 0 Å². The maximum absolute atomic E-state index is 13.6. The van der Waals surface area contributed by atoms with Crippen molar-refractivity contribution in [2.75, 3.05) is 13.1 Å². The molecule has 0 saturated carbocycles. The van der Waals surface area contributed by atoms with Gasteiger partial charge >= 0.3 is 6.18 Å². The number of nitrogens with zero attached hydrogens (tertiary/aromatic N) is 5.